The zero-order valence-corrected chi connectivity index (χ0v) is 17.5. The molecule has 1 aromatic carbocycles. The van der Waals surface area contributed by atoms with Crippen LogP contribution in [0.15, 0.2) is 30.5 Å². The lowest BCUT2D eigenvalue weighted by molar-refractivity contribution is 0.119. The summed E-state index contributed by atoms with van der Waals surface area (Å²) in [6, 6.07) is 8.48. The molecule has 0 radical (unpaired) electrons. The lowest BCUT2D eigenvalue weighted by Gasteiger charge is -2.16. The number of fused-ring (bicyclic) bond motifs is 1. The number of halogens is 1. The van der Waals surface area contributed by atoms with Crippen LogP contribution in [-0.4, -0.2) is 21.6 Å². The molecule has 0 fully saturated rings. The van der Waals surface area contributed by atoms with E-state index in [9.17, 15) is 0 Å². The van der Waals surface area contributed by atoms with Crippen LogP contribution in [0.5, 0.6) is 0 Å². The highest BCUT2D eigenvalue weighted by Gasteiger charge is 2.19. The van der Waals surface area contributed by atoms with Crippen molar-refractivity contribution in [2.45, 2.75) is 59.1 Å². The van der Waals surface area contributed by atoms with E-state index in [0.717, 1.165) is 52.9 Å². The molecule has 144 valence electrons. The van der Waals surface area contributed by atoms with Gasteiger partial charge in [0, 0.05) is 41.9 Å². The van der Waals surface area contributed by atoms with E-state index in [1.54, 1.807) is 7.11 Å². The predicted molar refractivity (Wildman–Crippen MR) is 112 cm³/mol. The molecule has 2 unspecified atom stereocenters. The van der Waals surface area contributed by atoms with Crippen molar-refractivity contribution in [3.05, 3.63) is 46.9 Å². The van der Waals surface area contributed by atoms with Crippen molar-refractivity contribution in [2.75, 3.05) is 7.11 Å². The van der Waals surface area contributed by atoms with Crippen LogP contribution in [0.2, 0.25) is 5.02 Å². The number of hydrogen-bond acceptors (Lipinski definition) is 3. The molecule has 0 amide bonds. The van der Waals surface area contributed by atoms with Gasteiger partial charge in [-0.05, 0) is 38.0 Å². The summed E-state index contributed by atoms with van der Waals surface area (Å²) >= 11 is 6.65. The smallest absolute Gasteiger partial charge is 0.160 e. The highest BCUT2D eigenvalue weighted by atomic mass is 35.5. The molecule has 5 heteroatoms. The fourth-order valence-electron chi connectivity index (χ4n) is 3.65. The number of rotatable bonds is 7. The molecule has 0 bridgehead atoms. The van der Waals surface area contributed by atoms with Gasteiger partial charge in [0.05, 0.1) is 6.10 Å². The van der Waals surface area contributed by atoms with Crippen molar-refractivity contribution in [3.63, 3.8) is 0 Å². The van der Waals surface area contributed by atoms with Gasteiger partial charge in [0.15, 0.2) is 5.65 Å². The first-order valence-corrected chi connectivity index (χ1v) is 10.1. The van der Waals surface area contributed by atoms with Crippen molar-refractivity contribution in [1.82, 2.24) is 14.5 Å². The van der Waals surface area contributed by atoms with Crippen molar-refractivity contribution in [2.24, 2.45) is 0 Å². The van der Waals surface area contributed by atoms with Gasteiger partial charge in [-0.25, -0.2) is 9.97 Å². The SMILES string of the molecule is CCCC(C)n1c(CC)nc2c(-c3ccc(C(C)OC)cc3Cl)ccnc21. The van der Waals surface area contributed by atoms with E-state index >= 15 is 0 Å². The van der Waals surface area contributed by atoms with Crippen molar-refractivity contribution < 1.29 is 4.74 Å². The van der Waals surface area contributed by atoms with Gasteiger partial charge in [0.2, 0.25) is 0 Å². The first-order chi connectivity index (χ1) is 13.0. The number of methoxy groups -OCH3 is 1. The molecule has 2 aromatic heterocycles. The third-order valence-electron chi connectivity index (χ3n) is 5.22. The second-order valence-electron chi connectivity index (χ2n) is 7.04. The van der Waals surface area contributed by atoms with Crippen LogP contribution in [-0.2, 0) is 11.2 Å². The number of benzene rings is 1. The number of imidazole rings is 1. The number of hydrogen-bond donors (Lipinski definition) is 0. The number of ether oxygens (including phenoxy) is 1. The Bertz CT molecular complexity index is 935. The number of aromatic nitrogens is 3. The van der Waals surface area contributed by atoms with E-state index in [1.165, 1.54) is 0 Å². The quantitative estimate of drug-likeness (QED) is 0.473. The molecular formula is C22H28ClN3O. The molecule has 0 spiro atoms. The minimum atomic E-state index is 0.00908. The Morgan fingerprint density at radius 2 is 1.93 bits per heavy atom. The monoisotopic (exact) mass is 385 g/mol. The lowest BCUT2D eigenvalue weighted by atomic mass is 10.0. The standard InChI is InChI=1S/C22H28ClN3O/c1-6-8-14(3)26-20(7-2)25-21-18(11-12-24-22(21)26)17-10-9-16(13-19(17)23)15(4)27-5/h9-15H,6-8H2,1-5H3. The fraction of sp³-hybridized carbons (Fsp3) is 0.455. The minimum Gasteiger partial charge on any atom is -0.377 e. The van der Waals surface area contributed by atoms with Crippen LogP contribution in [0.1, 0.15) is 64.1 Å². The average molecular weight is 386 g/mol. The van der Waals surface area contributed by atoms with Crippen molar-refractivity contribution in [3.8, 4) is 11.1 Å². The highest BCUT2D eigenvalue weighted by molar-refractivity contribution is 6.33. The normalized spacial score (nSPS) is 13.9. The zero-order valence-electron chi connectivity index (χ0n) is 16.8. The van der Waals surface area contributed by atoms with E-state index in [-0.39, 0.29) is 6.10 Å². The Balaban J connectivity index is 2.16. The lowest BCUT2D eigenvalue weighted by Crippen LogP contribution is -2.09. The molecule has 27 heavy (non-hydrogen) atoms. The molecule has 0 aliphatic heterocycles. The molecule has 3 aromatic rings. The summed E-state index contributed by atoms with van der Waals surface area (Å²) in [4.78, 5) is 9.61. The van der Waals surface area contributed by atoms with Crippen molar-refractivity contribution >= 4 is 22.8 Å². The van der Waals surface area contributed by atoms with Gasteiger partial charge in [0.25, 0.3) is 0 Å². The summed E-state index contributed by atoms with van der Waals surface area (Å²) < 4.78 is 7.69. The Hall–Kier alpha value is -1.91. The number of pyridine rings is 1. The largest absolute Gasteiger partial charge is 0.377 e. The van der Waals surface area contributed by atoms with Crippen molar-refractivity contribution in [1.29, 1.82) is 0 Å². The van der Waals surface area contributed by atoms with Crippen LogP contribution in [0.3, 0.4) is 0 Å². The summed E-state index contributed by atoms with van der Waals surface area (Å²) in [6.45, 7) is 8.61. The van der Waals surface area contributed by atoms with E-state index in [4.69, 9.17) is 21.3 Å². The average Bonchev–Trinajstić information content (AvgIpc) is 3.06. The maximum atomic E-state index is 6.65. The second-order valence-corrected chi connectivity index (χ2v) is 7.44. The summed E-state index contributed by atoms with van der Waals surface area (Å²) in [5.74, 6) is 1.08. The van der Waals surface area contributed by atoms with E-state index in [2.05, 4.69) is 42.5 Å². The van der Waals surface area contributed by atoms with Crippen LogP contribution < -0.4 is 0 Å². The van der Waals surface area contributed by atoms with Crippen LogP contribution in [0.4, 0.5) is 0 Å². The van der Waals surface area contributed by atoms with Gasteiger partial charge in [-0.15, -0.1) is 0 Å². The highest BCUT2D eigenvalue weighted by Crippen LogP contribution is 2.35. The zero-order chi connectivity index (χ0) is 19.6. The van der Waals surface area contributed by atoms with Gasteiger partial charge in [-0.3, -0.25) is 0 Å². The third kappa shape index (κ3) is 3.74. The molecular weight excluding hydrogens is 358 g/mol. The van der Waals surface area contributed by atoms with Gasteiger partial charge in [-0.1, -0.05) is 44.0 Å². The van der Waals surface area contributed by atoms with E-state index < -0.39 is 0 Å². The molecule has 0 aliphatic carbocycles. The summed E-state index contributed by atoms with van der Waals surface area (Å²) in [7, 11) is 1.70. The molecule has 4 nitrogen and oxygen atoms in total. The first kappa shape index (κ1) is 19.8. The molecule has 2 heterocycles. The van der Waals surface area contributed by atoms with Crippen LogP contribution in [0, 0.1) is 0 Å². The maximum absolute atomic E-state index is 6.65. The molecule has 0 N–H and O–H groups in total. The topological polar surface area (TPSA) is 39.9 Å². The molecule has 2 atom stereocenters. The Labute approximate surface area is 166 Å². The van der Waals surface area contributed by atoms with Crippen LogP contribution in [0.25, 0.3) is 22.3 Å². The van der Waals surface area contributed by atoms with Gasteiger partial charge in [-0.2, -0.15) is 0 Å². The minimum absolute atomic E-state index is 0.00908. The maximum Gasteiger partial charge on any atom is 0.160 e. The molecule has 0 aliphatic rings. The van der Waals surface area contributed by atoms with E-state index in [0.29, 0.717) is 11.1 Å². The van der Waals surface area contributed by atoms with Gasteiger partial charge in [0.1, 0.15) is 11.3 Å². The molecule has 3 rings (SSSR count). The third-order valence-corrected chi connectivity index (χ3v) is 5.53. The predicted octanol–water partition coefficient (Wildman–Crippen LogP) is 6.38. The number of aryl methyl sites for hydroxylation is 1. The summed E-state index contributed by atoms with van der Waals surface area (Å²) in [5.41, 5.74) is 4.93. The van der Waals surface area contributed by atoms with Gasteiger partial charge >= 0.3 is 0 Å². The van der Waals surface area contributed by atoms with Crippen LogP contribution >= 0.6 is 11.6 Å². The first-order valence-electron chi connectivity index (χ1n) is 9.70. The Morgan fingerprint density at radius 1 is 1.15 bits per heavy atom. The Morgan fingerprint density at radius 3 is 2.56 bits per heavy atom. The molecule has 0 saturated heterocycles. The fourth-order valence-corrected chi connectivity index (χ4v) is 3.94. The van der Waals surface area contributed by atoms with E-state index in [1.807, 2.05) is 25.3 Å². The summed E-state index contributed by atoms with van der Waals surface area (Å²) in [5, 5.41) is 0.707. The number of nitrogens with zero attached hydrogens (tertiary/aromatic N) is 3. The Kier molecular flexibility index (Phi) is 6.18. The second kappa shape index (κ2) is 8.41. The summed E-state index contributed by atoms with van der Waals surface area (Å²) in [6.07, 6.45) is 4.98. The van der Waals surface area contributed by atoms with Gasteiger partial charge < -0.3 is 9.30 Å². The molecule has 0 saturated carbocycles.